The highest BCUT2D eigenvalue weighted by Gasteiger charge is 2.23. The Hall–Kier alpha value is -1.07. The van der Waals surface area contributed by atoms with Gasteiger partial charge in [0.2, 0.25) is 0 Å². The second-order valence-corrected chi connectivity index (χ2v) is 6.08. The van der Waals surface area contributed by atoms with Gasteiger partial charge in [0, 0.05) is 11.0 Å². The third-order valence-corrected chi connectivity index (χ3v) is 4.32. The van der Waals surface area contributed by atoms with Gasteiger partial charge in [0.05, 0.1) is 18.8 Å². The molecule has 5 heteroatoms. The van der Waals surface area contributed by atoms with Crippen molar-refractivity contribution >= 4 is 21.8 Å². The summed E-state index contributed by atoms with van der Waals surface area (Å²) in [6, 6.07) is 5.26. The molecule has 1 aromatic rings. The molecule has 0 spiro atoms. The van der Waals surface area contributed by atoms with Crippen LogP contribution in [0.4, 0.5) is 0 Å². The van der Waals surface area contributed by atoms with Gasteiger partial charge in [-0.1, -0.05) is 28.8 Å². The minimum absolute atomic E-state index is 0.216. The van der Waals surface area contributed by atoms with Crippen LogP contribution in [0.25, 0.3) is 0 Å². The Kier molecular flexibility index (Phi) is 5.43. The van der Waals surface area contributed by atoms with Crippen LogP contribution in [-0.4, -0.2) is 30.8 Å². The van der Waals surface area contributed by atoms with Crippen molar-refractivity contribution in [2.24, 2.45) is 5.92 Å². The van der Waals surface area contributed by atoms with Crippen molar-refractivity contribution in [3.63, 3.8) is 0 Å². The fraction of sp³-hybridized carbons (Fsp3) is 0.533. The Balaban J connectivity index is 1.94. The lowest BCUT2D eigenvalue weighted by Crippen LogP contribution is -2.35. The van der Waals surface area contributed by atoms with E-state index in [-0.39, 0.29) is 5.91 Å². The molecule has 2 N–H and O–H groups in total. The van der Waals surface area contributed by atoms with Crippen molar-refractivity contribution in [1.82, 2.24) is 5.32 Å². The molecule has 1 atom stereocenters. The summed E-state index contributed by atoms with van der Waals surface area (Å²) in [6.45, 7) is 0.294. The first-order chi connectivity index (χ1) is 9.61. The van der Waals surface area contributed by atoms with E-state index in [4.69, 9.17) is 4.74 Å². The Morgan fingerprint density at radius 2 is 2.20 bits per heavy atom. The number of halogens is 1. The molecule has 1 aliphatic rings. The van der Waals surface area contributed by atoms with Gasteiger partial charge in [0.25, 0.3) is 5.91 Å². The fourth-order valence-electron chi connectivity index (χ4n) is 2.65. The summed E-state index contributed by atoms with van der Waals surface area (Å²) in [6.07, 6.45) is 4.01. The molecule has 0 bridgehead atoms. The number of hydrogen-bond donors (Lipinski definition) is 2. The Morgan fingerprint density at radius 3 is 2.85 bits per heavy atom. The van der Waals surface area contributed by atoms with Gasteiger partial charge in [-0.15, -0.1) is 0 Å². The highest BCUT2D eigenvalue weighted by atomic mass is 79.9. The van der Waals surface area contributed by atoms with Crippen molar-refractivity contribution in [2.75, 3.05) is 13.7 Å². The first-order valence-electron chi connectivity index (χ1n) is 6.91. The Morgan fingerprint density at radius 1 is 1.50 bits per heavy atom. The lowest BCUT2D eigenvalue weighted by molar-refractivity contribution is 0.0838. The van der Waals surface area contributed by atoms with Crippen LogP contribution >= 0.6 is 15.9 Å². The molecule has 1 unspecified atom stereocenters. The largest absolute Gasteiger partial charge is 0.496 e. The molecule has 4 nitrogen and oxygen atoms in total. The van der Waals surface area contributed by atoms with Gasteiger partial charge in [-0.25, -0.2) is 0 Å². The van der Waals surface area contributed by atoms with Crippen LogP contribution in [0.3, 0.4) is 0 Å². The second kappa shape index (κ2) is 7.09. The van der Waals surface area contributed by atoms with E-state index in [1.54, 1.807) is 18.2 Å². The van der Waals surface area contributed by atoms with Gasteiger partial charge >= 0.3 is 0 Å². The van der Waals surface area contributed by atoms with Crippen molar-refractivity contribution in [3.8, 4) is 5.75 Å². The number of ether oxygens (including phenoxy) is 1. The summed E-state index contributed by atoms with van der Waals surface area (Å²) in [4.78, 5) is 12.1. The summed E-state index contributed by atoms with van der Waals surface area (Å²) in [7, 11) is 1.53. The number of amides is 1. The van der Waals surface area contributed by atoms with Gasteiger partial charge in [0.1, 0.15) is 5.75 Å². The maximum absolute atomic E-state index is 12.1. The van der Waals surface area contributed by atoms with Crippen LogP contribution in [0.1, 0.15) is 36.0 Å². The summed E-state index contributed by atoms with van der Waals surface area (Å²) in [5.74, 6) is 0.626. The van der Waals surface area contributed by atoms with Crippen LogP contribution in [0.5, 0.6) is 5.75 Å². The van der Waals surface area contributed by atoms with E-state index >= 15 is 0 Å². The Labute approximate surface area is 127 Å². The number of aliphatic hydroxyl groups is 1. The molecule has 20 heavy (non-hydrogen) atoms. The minimum Gasteiger partial charge on any atom is -0.496 e. The van der Waals surface area contributed by atoms with E-state index in [0.717, 1.165) is 17.3 Å². The molecule has 110 valence electrons. The zero-order chi connectivity index (χ0) is 14.5. The number of hydrogen-bond acceptors (Lipinski definition) is 3. The van der Waals surface area contributed by atoms with Crippen molar-refractivity contribution < 1.29 is 14.6 Å². The number of carbonyl (C=O) groups excluding carboxylic acids is 1. The van der Waals surface area contributed by atoms with E-state index in [2.05, 4.69) is 21.2 Å². The molecule has 1 saturated carbocycles. The molecule has 0 aliphatic heterocycles. The average Bonchev–Trinajstić information content (AvgIpc) is 2.98. The fourth-order valence-corrected chi connectivity index (χ4v) is 2.99. The number of benzene rings is 1. The molecule has 1 aliphatic carbocycles. The standard InChI is InChI=1S/C15H20BrNO3/c1-20-14-8-11(16)6-7-12(14)15(19)17-9-13(18)10-4-2-3-5-10/h6-8,10,13,18H,2-5,9H2,1H3,(H,17,19). The lowest BCUT2D eigenvalue weighted by Gasteiger charge is -2.18. The monoisotopic (exact) mass is 341 g/mol. The topological polar surface area (TPSA) is 58.6 Å². The molecule has 0 saturated heterocycles. The molecule has 2 rings (SSSR count). The summed E-state index contributed by atoms with van der Waals surface area (Å²) in [5, 5.41) is 12.8. The second-order valence-electron chi connectivity index (χ2n) is 5.17. The zero-order valence-corrected chi connectivity index (χ0v) is 13.1. The van der Waals surface area contributed by atoms with Gasteiger partial charge in [-0.2, -0.15) is 0 Å². The predicted molar refractivity (Wildman–Crippen MR) is 81.0 cm³/mol. The molecule has 1 fully saturated rings. The lowest BCUT2D eigenvalue weighted by atomic mass is 10.0. The molecule has 0 radical (unpaired) electrons. The average molecular weight is 342 g/mol. The zero-order valence-electron chi connectivity index (χ0n) is 11.6. The van der Waals surface area contributed by atoms with Crippen molar-refractivity contribution in [3.05, 3.63) is 28.2 Å². The van der Waals surface area contributed by atoms with Crippen LogP contribution in [0, 0.1) is 5.92 Å². The van der Waals surface area contributed by atoms with Crippen molar-refractivity contribution in [1.29, 1.82) is 0 Å². The molecule has 0 aromatic heterocycles. The van der Waals surface area contributed by atoms with E-state index in [1.807, 2.05) is 0 Å². The third kappa shape index (κ3) is 3.73. The molecule has 0 heterocycles. The van der Waals surface area contributed by atoms with Crippen LogP contribution in [-0.2, 0) is 0 Å². The third-order valence-electron chi connectivity index (χ3n) is 3.82. The number of rotatable bonds is 5. The van der Waals surface area contributed by atoms with Crippen LogP contribution < -0.4 is 10.1 Å². The number of carbonyl (C=O) groups is 1. The van der Waals surface area contributed by atoms with E-state index in [0.29, 0.717) is 23.8 Å². The SMILES string of the molecule is COc1cc(Br)ccc1C(=O)NCC(O)C1CCCC1. The molecule has 1 amide bonds. The van der Waals surface area contributed by atoms with E-state index in [9.17, 15) is 9.90 Å². The normalized spacial score (nSPS) is 16.9. The van der Waals surface area contributed by atoms with E-state index < -0.39 is 6.10 Å². The maximum Gasteiger partial charge on any atom is 0.255 e. The highest BCUT2D eigenvalue weighted by molar-refractivity contribution is 9.10. The van der Waals surface area contributed by atoms with Gasteiger partial charge in [-0.3, -0.25) is 4.79 Å². The smallest absolute Gasteiger partial charge is 0.255 e. The quantitative estimate of drug-likeness (QED) is 0.865. The number of methoxy groups -OCH3 is 1. The molecular formula is C15H20BrNO3. The summed E-state index contributed by atoms with van der Waals surface area (Å²) < 4.78 is 6.06. The first-order valence-corrected chi connectivity index (χ1v) is 7.71. The summed E-state index contributed by atoms with van der Waals surface area (Å²) in [5.41, 5.74) is 0.481. The predicted octanol–water partition coefficient (Wildman–Crippen LogP) is 2.74. The summed E-state index contributed by atoms with van der Waals surface area (Å²) >= 11 is 3.34. The maximum atomic E-state index is 12.1. The van der Waals surface area contributed by atoms with Gasteiger partial charge in [-0.05, 0) is 37.0 Å². The van der Waals surface area contributed by atoms with Crippen LogP contribution in [0.2, 0.25) is 0 Å². The first kappa shape index (κ1) is 15.3. The molecule has 1 aromatic carbocycles. The Bertz CT molecular complexity index is 472. The number of aliphatic hydroxyl groups excluding tert-OH is 1. The number of nitrogens with one attached hydrogen (secondary N) is 1. The molecular weight excluding hydrogens is 322 g/mol. The van der Waals surface area contributed by atoms with Crippen LogP contribution in [0.15, 0.2) is 22.7 Å². The van der Waals surface area contributed by atoms with Gasteiger partial charge in [0.15, 0.2) is 0 Å². The van der Waals surface area contributed by atoms with E-state index in [1.165, 1.54) is 20.0 Å². The minimum atomic E-state index is -0.456. The highest BCUT2D eigenvalue weighted by Crippen LogP contribution is 2.27. The van der Waals surface area contributed by atoms with Gasteiger partial charge < -0.3 is 15.2 Å². The van der Waals surface area contributed by atoms with Crippen molar-refractivity contribution in [2.45, 2.75) is 31.8 Å².